The number of nitrogens with two attached hydrogens (primary N) is 1. The van der Waals surface area contributed by atoms with Crippen molar-refractivity contribution in [1.29, 1.82) is 0 Å². The van der Waals surface area contributed by atoms with E-state index in [1.165, 1.54) is 0 Å². The molecular weight excluding hydrogens is 264 g/mol. The number of hydrogen-bond acceptors (Lipinski definition) is 3. The predicted molar refractivity (Wildman–Crippen MR) is 77.6 cm³/mol. The smallest absolute Gasteiger partial charge is 0.224 e. The molecule has 0 fully saturated rings. The van der Waals surface area contributed by atoms with Gasteiger partial charge in [0.25, 0.3) is 0 Å². The Hall–Kier alpha value is -1.26. The molecule has 0 saturated carbocycles. The lowest BCUT2D eigenvalue weighted by Crippen LogP contribution is -2.27. The van der Waals surface area contributed by atoms with Crippen LogP contribution in [0.25, 0.3) is 0 Å². The molecule has 0 bridgehead atoms. The maximum atomic E-state index is 11.6. The highest BCUT2D eigenvalue weighted by atomic mass is 35.5. The van der Waals surface area contributed by atoms with E-state index in [-0.39, 0.29) is 5.91 Å². The number of rotatable bonds is 8. The summed E-state index contributed by atoms with van der Waals surface area (Å²) in [4.78, 5) is 11.6. The Morgan fingerprint density at radius 1 is 1.47 bits per heavy atom. The van der Waals surface area contributed by atoms with E-state index in [1.807, 2.05) is 13.0 Å². The second-order valence-corrected chi connectivity index (χ2v) is 4.69. The lowest BCUT2D eigenvalue weighted by atomic mass is 10.1. The minimum Gasteiger partial charge on any atom is -0.492 e. The third-order valence-corrected chi connectivity index (χ3v) is 2.82. The molecule has 1 aromatic rings. The Morgan fingerprint density at radius 2 is 2.26 bits per heavy atom. The summed E-state index contributed by atoms with van der Waals surface area (Å²) < 4.78 is 5.48. The molecule has 1 aromatic carbocycles. The van der Waals surface area contributed by atoms with Crippen LogP contribution in [0.1, 0.15) is 25.3 Å². The Bertz CT molecular complexity index is 410. The monoisotopic (exact) mass is 284 g/mol. The van der Waals surface area contributed by atoms with E-state index in [1.54, 1.807) is 12.1 Å². The molecule has 0 spiro atoms. The Balaban J connectivity index is 2.50. The second kappa shape index (κ2) is 8.77. The SMILES string of the molecule is CCCOc1ccc(CC(=O)NCCCN)cc1Cl. The van der Waals surface area contributed by atoms with Crippen molar-refractivity contribution in [3.05, 3.63) is 28.8 Å². The van der Waals surface area contributed by atoms with E-state index >= 15 is 0 Å². The number of hydrogen-bond donors (Lipinski definition) is 2. The largest absolute Gasteiger partial charge is 0.492 e. The molecule has 4 nitrogen and oxygen atoms in total. The van der Waals surface area contributed by atoms with Gasteiger partial charge in [0.15, 0.2) is 0 Å². The number of halogens is 1. The van der Waals surface area contributed by atoms with Crippen molar-refractivity contribution in [3.8, 4) is 5.75 Å². The van der Waals surface area contributed by atoms with Gasteiger partial charge in [-0.3, -0.25) is 4.79 Å². The van der Waals surface area contributed by atoms with Crippen LogP contribution in [-0.2, 0) is 11.2 Å². The van der Waals surface area contributed by atoms with Crippen LogP contribution < -0.4 is 15.8 Å². The molecule has 0 aromatic heterocycles. The van der Waals surface area contributed by atoms with E-state index in [2.05, 4.69) is 5.32 Å². The van der Waals surface area contributed by atoms with Crippen molar-refractivity contribution in [1.82, 2.24) is 5.32 Å². The van der Waals surface area contributed by atoms with Gasteiger partial charge in [-0.15, -0.1) is 0 Å². The lowest BCUT2D eigenvalue weighted by Gasteiger charge is -2.09. The minimum atomic E-state index is -0.0215. The normalized spacial score (nSPS) is 10.3. The number of benzene rings is 1. The van der Waals surface area contributed by atoms with E-state index in [9.17, 15) is 4.79 Å². The highest BCUT2D eigenvalue weighted by molar-refractivity contribution is 6.32. The highest BCUT2D eigenvalue weighted by Gasteiger charge is 2.06. The van der Waals surface area contributed by atoms with Gasteiger partial charge >= 0.3 is 0 Å². The van der Waals surface area contributed by atoms with Crippen LogP contribution in [0.5, 0.6) is 5.75 Å². The minimum absolute atomic E-state index is 0.0215. The van der Waals surface area contributed by atoms with Crippen molar-refractivity contribution < 1.29 is 9.53 Å². The first-order valence-corrected chi connectivity index (χ1v) is 6.93. The Labute approximate surface area is 119 Å². The Morgan fingerprint density at radius 3 is 2.89 bits per heavy atom. The summed E-state index contributed by atoms with van der Waals surface area (Å²) in [5, 5.41) is 3.35. The van der Waals surface area contributed by atoms with Crippen LogP contribution in [0.15, 0.2) is 18.2 Å². The molecule has 0 aliphatic carbocycles. The molecule has 1 amide bonds. The summed E-state index contributed by atoms with van der Waals surface area (Å²) in [6, 6.07) is 5.44. The fraction of sp³-hybridized carbons (Fsp3) is 0.500. The average molecular weight is 285 g/mol. The summed E-state index contributed by atoms with van der Waals surface area (Å²) in [7, 11) is 0. The van der Waals surface area contributed by atoms with Crippen LogP contribution in [0.4, 0.5) is 0 Å². The fourth-order valence-electron chi connectivity index (χ4n) is 1.56. The van der Waals surface area contributed by atoms with Crippen molar-refractivity contribution in [2.75, 3.05) is 19.7 Å². The van der Waals surface area contributed by atoms with Crippen molar-refractivity contribution in [3.63, 3.8) is 0 Å². The maximum absolute atomic E-state index is 11.6. The Kier molecular flexibility index (Phi) is 7.30. The molecular formula is C14H21ClN2O2. The molecule has 0 atom stereocenters. The van der Waals surface area contributed by atoms with Crippen molar-refractivity contribution in [2.24, 2.45) is 5.73 Å². The van der Waals surface area contributed by atoms with Gasteiger partial charge in [-0.2, -0.15) is 0 Å². The first-order chi connectivity index (χ1) is 9.17. The zero-order valence-corrected chi connectivity index (χ0v) is 12.0. The molecule has 3 N–H and O–H groups in total. The third-order valence-electron chi connectivity index (χ3n) is 2.53. The topological polar surface area (TPSA) is 64.3 Å². The fourth-order valence-corrected chi connectivity index (χ4v) is 1.82. The number of carbonyl (C=O) groups excluding carboxylic acids is 1. The van der Waals surface area contributed by atoms with Crippen molar-refractivity contribution >= 4 is 17.5 Å². The quantitative estimate of drug-likeness (QED) is 0.719. The molecule has 0 aliphatic heterocycles. The summed E-state index contributed by atoms with van der Waals surface area (Å²) in [5.41, 5.74) is 6.24. The van der Waals surface area contributed by atoms with Crippen LogP contribution in [0.2, 0.25) is 5.02 Å². The molecule has 0 saturated heterocycles. The van der Waals surface area contributed by atoms with Gasteiger partial charge in [0.05, 0.1) is 18.1 Å². The number of carbonyl (C=O) groups is 1. The molecule has 5 heteroatoms. The van der Waals surface area contributed by atoms with E-state index in [0.29, 0.717) is 36.9 Å². The van der Waals surface area contributed by atoms with Crippen LogP contribution >= 0.6 is 11.6 Å². The lowest BCUT2D eigenvalue weighted by molar-refractivity contribution is -0.120. The first-order valence-electron chi connectivity index (χ1n) is 6.55. The molecule has 19 heavy (non-hydrogen) atoms. The molecule has 1 rings (SSSR count). The van der Waals surface area contributed by atoms with E-state index in [4.69, 9.17) is 22.1 Å². The summed E-state index contributed by atoms with van der Waals surface area (Å²) in [6.07, 6.45) is 2.04. The molecule has 0 unspecified atom stereocenters. The van der Waals surface area contributed by atoms with Crippen LogP contribution in [0, 0.1) is 0 Å². The zero-order chi connectivity index (χ0) is 14.1. The summed E-state index contributed by atoms with van der Waals surface area (Å²) in [6.45, 7) is 3.86. The number of amides is 1. The van der Waals surface area contributed by atoms with E-state index < -0.39 is 0 Å². The van der Waals surface area contributed by atoms with Crippen molar-refractivity contribution in [2.45, 2.75) is 26.2 Å². The highest BCUT2D eigenvalue weighted by Crippen LogP contribution is 2.25. The van der Waals surface area contributed by atoms with Gasteiger partial charge < -0.3 is 15.8 Å². The molecule has 0 radical (unpaired) electrons. The molecule has 106 valence electrons. The van der Waals surface area contributed by atoms with Gasteiger partial charge in [0, 0.05) is 6.54 Å². The van der Waals surface area contributed by atoms with Gasteiger partial charge in [-0.1, -0.05) is 24.6 Å². The number of nitrogens with one attached hydrogen (secondary N) is 1. The van der Waals surface area contributed by atoms with Gasteiger partial charge in [-0.25, -0.2) is 0 Å². The maximum Gasteiger partial charge on any atom is 0.224 e. The van der Waals surface area contributed by atoms with Crippen LogP contribution in [-0.4, -0.2) is 25.6 Å². The molecule has 0 heterocycles. The summed E-state index contributed by atoms with van der Waals surface area (Å²) >= 11 is 6.10. The van der Waals surface area contributed by atoms with Crippen LogP contribution in [0.3, 0.4) is 0 Å². The third kappa shape index (κ3) is 5.94. The van der Waals surface area contributed by atoms with Gasteiger partial charge in [0.2, 0.25) is 5.91 Å². The van der Waals surface area contributed by atoms with E-state index in [0.717, 1.165) is 18.4 Å². The molecule has 0 aliphatic rings. The van der Waals surface area contributed by atoms with Gasteiger partial charge in [0.1, 0.15) is 5.75 Å². The number of ether oxygens (including phenoxy) is 1. The summed E-state index contributed by atoms with van der Waals surface area (Å²) in [5.74, 6) is 0.641. The second-order valence-electron chi connectivity index (χ2n) is 4.28. The standard InChI is InChI=1S/C14H21ClN2O2/c1-2-8-19-13-5-4-11(9-12(13)15)10-14(18)17-7-3-6-16/h4-5,9H,2-3,6-8,10,16H2,1H3,(H,17,18). The van der Waals surface area contributed by atoms with Gasteiger partial charge in [-0.05, 0) is 37.1 Å². The first kappa shape index (κ1) is 15.8. The predicted octanol–water partition coefficient (Wildman–Crippen LogP) is 2.14. The zero-order valence-electron chi connectivity index (χ0n) is 11.2. The average Bonchev–Trinajstić information content (AvgIpc) is 2.38.